The number of benzene rings is 1. The Balaban J connectivity index is 1.89. The number of aromatic amines is 1. The molecule has 0 saturated carbocycles. The van der Waals surface area contributed by atoms with E-state index >= 15 is 0 Å². The van der Waals surface area contributed by atoms with Gasteiger partial charge in [0.2, 0.25) is 0 Å². The van der Waals surface area contributed by atoms with E-state index in [0.717, 1.165) is 16.8 Å². The summed E-state index contributed by atoms with van der Waals surface area (Å²) in [6.07, 6.45) is -5.59. The largest absolute Gasteiger partial charge is 0.463 e. The zero-order chi connectivity index (χ0) is 28.3. The van der Waals surface area contributed by atoms with E-state index in [1.165, 1.54) is 13.8 Å². The van der Waals surface area contributed by atoms with Crippen LogP contribution in [0.5, 0.6) is 5.75 Å². The minimum atomic E-state index is -4.13. The SMILES string of the molecule is CC(C)OC(=O)[C@H](C)C[P@@](=O)(Oc1ccccc1)O[C@H](C)[C@H]1O[C@@H](n2ccc(=O)[nH]c2=O)C(Cl)(CF)[C@H]1O. The fourth-order valence-electron chi connectivity index (χ4n) is 3.99. The van der Waals surface area contributed by atoms with Crippen LogP contribution in [0.4, 0.5) is 4.39 Å². The van der Waals surface area contributed by atoms with Gasteiger partial charge in [0.15, 0.2) is 6.23 Å². The van der Waals surface area contributed by atoms with E-state index in [4.69, 9.17) is 30.1 Å². The number of para-hydroxylation sites is 1. The molecule has 1 aliphatic rings. The van der Waals surface area contributed by atoms with E-state index in [-0.39, 0.29) is 11.9 Å². The molecule has 1 aliphatic heterocycles. The van der Waals surface area contributed by atoms with Crippen molar-refractivity contribution in [1.82, 2.24) is 9.55 Å². The van der Waals surface area contributed by atoms with Crippen LogP contribution < -0.4 is 15.8 Å². The molecule has 1 aromatic carbocycles. The molecule has 1 saturated heterocycles. The van der Waals surface area contributed by atoms with Crippen molar-refractivity contribution in [1.29, 1.82) is 0 Å². The summed E-state index contributed by atoms with van der Waals surface area (Å²) in [7, 11) is -4.13. The van der Waals surface area contributed by atoms with E-state index in [9.17, 15) is 28.4 Å². The third-order valence-corrected chi connectivity index (χ3v) is 8.49. The Bertz CT molecular complexity index is 1270. The van der Waals surface area contributed by atoms with Gasteiger partial charge in [-0.1, -0.05) is 25.1 Å². The lowest BCUT2D eigenvalue weighted by Gasteiger charge is -2.29. The molecule has 7 atom stereocenters. The molecule has 2 heterocycles. The van der Waals surface area contributed by atoms with Gasteiger partial charge >= 0.3 is 19.3 Å². The number of aromatic nitrogens is 2. The van der Waals surface area contributed by atoms with Gasteiger partial charge in [-0.05, 0) is 32.9 Å². The zero-order valence-corrected chi connectivity index (χ0v) is 22.9. The highest BCUT2D eigenvalue weighted by Gasteiger charge is 2.59. The summed E-state index contributed by atoms with van der Waals surface area (Å²) in [4.78, 5) is 36.1. The van der Waals surface area contributed by atoms with Gasteiger partial charge in [-0.25, -0.2) is 13.8 Å². The predicted molar refractivity (Wildman–Crippen MR) is 136 cm³/mol. The summed E-state index contributed by atoms with van der Waals surface area (Å²) in [5, 5.41) is 10.9. The van der Waals surface area contributed by atoms with Crippen LogP contribution in [0.15, 0.2) is 52.2 Å². The fourth-order valence-corrected chi connectivity index (χ4v) is 6.37. The molecular formula is C24H31ClFN2O9P. The summed E-state index contributed by atoms with van der Waals surface area (Å²) < 4.78 is 51.4. The number of hydrogen-bond acceptors (Lipinski definition) is 9. The van der Waals surface area contributed by atoms with Crippen molar-refractivity contribution in [2.75, 3.05) is 12.8 Å². The predicted octanol–water partition coefficient (Wildman–Crippen LogP) is 3.01. The lowest BCUT2D eigenvalue weighted by molar-refractivity contribution is -0.151. The third kappa shape index (κ3) is 6.73. The van der Waals surface area contributed by atoms with Crippen LogP contribution in [0.1, 0.15) is 33.9 Å². The monoisotopic (exact) mass is 576 g/mol. The molecule has 38 heavy (non-hydrogen) atoms. The van der Waals surface area contributed by atoms with Crippen LogP contribution in [0.2, 0.25) is 0 Å². The number of hydrogen-bond donors (Lipinski definition) is 2. The maximum Gasteiger partial charge on any atom is 0.380 e. The number of rotatable bonds is 11. The molecule has 1 aromatic heterocycles. The number of alkyl halides is 2. The number of aliphatic hydroxyl groups is 1. The zero-order valence-electron chi connectivity index (χ0n) is 21.3. The Morgan fingerprint density at radius 2 is 1.89 bits per heavy atom. The first-order valence-corrected chi connectivity index (χ1v) is 14.0. The number of halogens is 2. The average Bonchev–Trinajstić information content (AvgIpc) is 3.10. The summed E-state index contributed by atoms with van der Waals surface area (Å²) in [6, 6.07) is 9.13. The van der Waals surface area contributed by atoms with E-state index in [1.54, 1.807) is 44.2 Å². The molecular weight excluding hydrogens is 546 g/mol. The first-order chi connectivity index (χ1) is 17.8. The van der Waals surface area contributed by atoms with Crippen molar-refractivity contribution < 1.29 is 37.4 Å². The fraction of sp³-hybridized carbons (Fsp3) is 0.542. The van der Waals surface area contributed by atoms with Crippen molar-refractivity contribution in [2.45, 2.75) is 63.2 Å². The van der Waals surface area contributed by atoms with Gasteiger partial charge in [-0.3, -0.25) is 23.7 Å². The normalized spacial score (nSPS) is 26.5. The van der Waals surface area contributed by atoms with Gasteiger partial charge < -0.3 is 19.1 Å². The van der Waals surface area contributed by atoms with Crippen LogP contribution in [0, 0.1) is 5.92 Å². The third-order valence-electron chi connectivity index (χ3n) is 5.84. The van der Waals surface area contributed by atoms with Crippen LogP contribution in [-0.4, -0.2) is 62.8 Å². The summed E-state index contributed by atoms with van der Waals surface area (Å²) in [5.74, 6) is -1.30. The second-order valence-corrected chi connectivity index (χ2v) is 12.1. The van der Waals surface area contributed by atoms with Crippen LogP contribution >= 0.6 is 19.2 Å². The first kappa shape index (κ1) is 30.0. The quantitative estimate of drug-likeness (QED) is 0.234. The lowest BCUT2D eigenvalue weighted by Crippen LogP contribution is -2.47. The summed E-state index contributed by atoms with van der Waals surface area (Å²) >= 11 is 6.41. The molecule has 2 aromatic rings. The highest BCUT2D eigenvalue weighted by molar-refractivity contribution is 7.54. The van der Waals surface area contributed by atoms with E-state index < -0.39 is 72.9 Å². The number of esters is 1. The number of nitrogens with zero attached hydrogens (tertiary/aromatic N) is 1. The summed E-state index contributed by atoms with van der Waals surface area (Å²) in [5.41, 5.74) is -1.62. The van der Waals surface area contributed by atoms with Crippen LogP contribution in [-0.2, 0) is 23.4 Å². The van der Waals surface area contributed by atoms with Crippen molar-refractivity contribution in [3.63, 3.8) is 0 Å². The van der Waals surface area contributed by atoms with Crippen molar-refractivity contribution >= 4 is 25.2 Å². The molecule has 1 fully saturated rings. The lowest BCUT2D eigenvalue weighted by atomic mass is 9.97. The van der Waals surface area contributed by atoms with Gasteiger partial charge in [0.05, 0.1) is 24.3 Å². The minimum absolute atomic E-state index is 0.202. The van der Waals surface area contributed by atoms with Crippen LogP contribution in [0.25, 0.3) is 0 Å². The standard InChI is InChI=1S/C24H31ClFN2O9P/c1-14(2)34-21(31)15(3)12-38(33,37-17-8-6-5-7-9-17)36-16(4)19-20(30)24(25,13-26)22(35-19)28-11-10-18(29)27-23(28)32/h5-11,14-16,19-20,22,30H,12-13H2,1-4H3,(H,27,29,32)/t15-,16-,19-,20+,22-,24?,38+/m1/s1. The number of nitrogens with one attached hydrogen (secondary N) is 1. The molecule has 2 N–H and O–H groups in total. The molecule has 14 heteroatoms. The van der Waals surface area contributed by atoms with Gasteiger partial charge in [0, 0.05) is 12.3 Å². The summed E-state index contributed by atoms with van der Waals surface area (Å²) in [6.45, 7) is 4.95. The molecule has 1 unspecified atom stereocenters. The number of ether oxygens (including phenoxy) is 2. The minimum Gasteiger partial charge on any atom is -0.463 e. The maximum absolute atomic E-state index is 14.2. The Hall–Kier alpha value is -2.50. The van der Waals surface area contributed by atoms with E-state index in [1.807, 2.05) is 4.98 Å². The first-order valence-electron chi connectivity index (χ1n) is 11.9. The number of carbonyl (C=O) groups excluding carboxylic acids is 1. The molecule has 0 aliphatic carbocycles. The Labute approximate surface area is 223 Å². The highest BCUT2D eigenvalue weighted by Crippen LogP contribution is 2.53. The molecule has 0 radical (unpaired) electrons. The molecule has 0 bridgehead atoms. The van der Waals surface area contributed by atoms with E-state index in [0.29, 0.717) is 0 Å². The molecule has 0 spiro atoms. The average molecular weight is 577 g/mol. The second kappa shape index (κ2) is 12.1. The Morgan fingerprint density at radius 3 is 2.47 bits per heavy atom. The van der Waals surface area contributed by atoms with Crippen molar-refractivity contribution in [2.24, 2.45) is 5.92 Å². The number of aliphatic hydroxyl groups excluding tert-OH is 1. The van der Waals surface area contributed by atoms with E-state index in [2.05, 4.69) is 0 Å². The second-order valence-electron chi connectivity index (χ2n) is 9.37. The van der Waals surface area contributed by atoms with Crippen molar-refractivity contribution in [3.05, 3.63) is 63.4 Å². The van der Waals surface area contributed by atoms with Crippen molar-refractivity contribution in [3.8, 4) is 5.75 Å². The molecule has 3 rings (SSSR count). The maximum atomic E-state index is 14.2. The molecule has 210 valence electrons. The number of carbonyl (C=O) groups is 1. The molecule has 0 amide bonds. The Kier molecular flexibility index (Phi) is 9.59. The van der Waals surface area contributed by atoms with Gasteiger partial charge in [0.25, 0.3) is 5.56 Å². The Morgan fingerprint density at radius 1 is 1.24 bits per heavy atom. The smallest absolute Gasteiger partial charge is 0.380 e. The van der Waals surface area contributed by atoms with Gasteiger partial charge in [-0.2, -0.15) is 0 Å². The number of H-pyrrole nitrogens is 1. The highest BCUT2D eigenvalue weighted by atomic mass is 35.5. The van der Waals surface area contributed by atoms with Gasteiger partial charge in [0.1, 0.15) is 29.5 Å². The molecule has 11 nitrogen and oxygen atoms in total. The van der Waals surface area contributed by atoms with Gasteiger partial charge in [-0.15, -0.1) is 11.6 Å². The topological polar surface area (TPSA) is 146 Å². The van der Waals surface area contributed by atoms with Crippen LogP contribution in [0.3, 0.4) is 0 Å².